The van der Waals surface area contributed by atoms with Crippen molar-refractivity contribution in [1.29, 1.82) is 0 Å². The molecule has 1 aliphatic heterocycles. The van der Waals surface area contributed by atoms with Crippen LogP contribution >= 0.6 is 0 Å². The lowest BCUT2D eigenvalue weighted by atomic mass is 10.0. The number of carbonyl (C=O) groups excluding carboxylic acids is 1. The van der Waals surface area contributed by atoms with Crippen LogP contribution in [-0.2, 0) is 11.2 Å². The standard InChI is InChI=1S/C9H7NO4/c11-9-8-2-1-7(10(12)13)5-6(8)3-4-14-9/h1-2,5H,3-4H2. The zero-order valence-electron chi connectivity index (χ0n) is 7.23. The summed E-state index contributed by atoms with van der Waals surface area (Å²) in [5.74, 6) is -0.402. The minimum Gasteiger partial charge on any atom is -0.462 e. The smallest absolute Gasteiger partial charge is 0.338 e. The van der Waals surface area contributed by atoms with Crippen molar-refractivity contribution in [3.8, 4) is 0 Å². The molecule has 1 aromatic carbocycles. The lowest BCUT2D eigenvalue weighted by Gasteiger charge is -2.14. The number of cyclic esters (lactones) is 1. The minimum absolute atomic E-state index is 0.0125. The van der Waals surface area contributed by atoms with Crippen molar-refractivity contribution in [2.24, 2.45) is 0 Å². The summed E-state index contributed by atoms with van der Waals surface area (Å²) < 4.78 is 4.80. The average molecular weight is 193 g/mol. The molecule has 1 aliphatic rings. The Balaban J connectivity index is 2.49. The van der Waals surface area contributed by atoms with Crippen LogP contribution in [0.5, 0.6) is 0 Å². The fourth-order valence-electron chi connectivity index (χ4n) is 1.43. The number of nitrogens with zero attached hydrogens (tertiary/aromatic N) is 1. The summed E-state index contributed by atoms with van der Waals surface area (Å²) in [4.78, 5) is 21.2. The Bertz CT molecular complexity index is 413. The van der Waals surface area contributed by atoms with E-state index in [1.807, 2.05) is 0 Å². The molecule has 1 heterocycles. The highest BCUT2D eigenvalue weighted by Crippen LogP contribution is 2.22. The normalized spacial score (nSPS) is 14.4. The van der Waals surface area contributed by atoms with Gasteiger partial charge < -0.3 is 4.74 Å². The topological polar surface area (TPSA) is 69.4 Å². The molecular formula is C9H7NO4. The largest absolute Gasteiger partial charge is 0.462 e. The first-order chi connectivity index (χ1) is 6.68. The third-order valence-corrected chi connectivity index (χ3v) is 2.12. The van der Waals surface area contributed by atoms with Gasteiger partial charge in [-0.2, -0.15) is 0 Å². The van der Waals surface area contributed by atoms with Crippen molar-refractivity contribution in [2.45, 2.75) is 6.42 Å². The van der Waals surface area contributed by atoms with Crippen molar-refractivity contribution < 1.29 is 14.5 Å². The predicted molar refractivity (Wildman–Crippen MR) is 47.1 cm³/mol. The molecule has 72 valence electrons. The summed E-state index contributed by atoms with van der Waals surface area (Å²) in [6.07, 6.45) is 0.544. The fourth-order valence-corrected chi connectivity index (χ4v) is 1.43. The van der Waals surface area contributed by atoms with Gasteiger partial charge in [-0.15, -0.1) is 0 Å². The van der Waals surface area contributed by atoms with E-state index in [1.54, 1.807) is 0 Å². The number of hydrogen-bond donors (Lipinski definition) is 0. The second-order valence-corrected chi connectivity index (χ2v) is 2.98. The zero-order valence-corrected chi connectivity index (χ0v) is 7.23. The highest BCUT2D eigenvalue weighted by molar-refractivity contribution is 5.92. The van der Waals surface area contributed by atoms with Gasteiger partial charge in [0, 0.05) is 18.6 Å². The van der Waals surface area contributed by atoms with Gasteiger partial charge in [0.1, 0.15) is 0 Å². The van der Waals surface area contributed by atoms with Crippen LogP contribution in [0.25, 0.3) is 0 Å². The molecule has 0 saturated carbocycles. The Labute approximate surface area is 79.4 Å². The van der Waals surface area contributed by atoms with Gasteiger partial charge in [0.2, 0.25) is 0 Å². The Kier molecular flexibility index (Phi) is 1.92. The number of benzene rings is 1. The van der Waals surface area contributed by atoms with Gasteiger partial charge in [0.25, 0.3) is 5.69 Å². The number of carbonyl (C=O) groups is 1. The summed E-state index contributed by atoms with van der Waals surface area (Å²) in [6, 6.07) is 4.18. The lowest BCUT2D eigenvalue weighted by molar-refractivity contribution is -0.384. The monoisotopic (exact) mass is 193 g/mol. The molecule has 0 aliphatic carbocycles. The van der Waals surface area contributed by atoms with Crippen LogP contribution < -0.4 is 0 Å². The Hall–Kier alpha value is -1.91. The molecule has 0 amide bonds. The molecule has 0 fully saturated rings. The second-order valence-electron chi connectivity index (χ2n) is 2.98. The highest BCUT2D eigenvalue weighted by atomic mass is 16.6. The molecule has 0 atom stereocenters. The molecule has 0 radical (unpaired) electrons. The van der Waals surface area contributed by atoms with Gasteiger partial charge in [-0.3, -0.25) is 10.1 Å². The first kappa shape index (κ1) is 8.68. The number of esters is 1. The minimum atomic E-state index is -0.472. The predicted octanol–water partition coefficient (Wildman–Crippen LogP) is 1.31. The van der Waals surface area contributed by atoms with E-state index in [2.05, 4.69) is 0 Å². The van der Waals surface area contributed by atoms with Crippen molar-refractivity contribution in [1.82, 2.24) is 0 Å². The summed E-state index contributed by atoms with van der Waals surface area (Å²) in [5.41, 5.74) is 1.13. The van der Waals surface area contributed by atoms with Gasteiger partial charge in [-0.25, -0.2) is 4.79 Å². The van der Waals surface area contributed by atoms with E-state index in [1.165, 1.54) is 18.2 Å². The van der Waals surface area contributed by atoms with Crippen LogP contribution in [0.4, 0.5) is 5.69 Å². The molecule has 0 N–H and O–H groups in total. The number of ether oxygens (including phenoxy) is 1. The van der Waals surface area contributed by atoms with Crippen molar-refractivity contribution in [3.05, 3.63) is 39.4 Å². The Morgan fingerprint density at radius 2 is 2.21 bits per heavy atom. The van der Waals surface area contributed by atoms with Crippen LogP contribution in [-0.4, -0.2) is 17.5 Å². The maximum Gasteiger partial charge on any atom is 0.338 e. The summed E-state index contributed by atoms with van der Waals surface area (Å²) in [5, 5.41) is 10.5. The van der Waals surface area contributed by atoms with Crippen LogP contribution in [0.3, 0.4) is 0 Å². The first-order valence-electron chi connectivity index (χ1n) is 4.13. The Morgan fingerprint density at radius 3 is 2.93 bits per heavy atom. The number of nitro benzene ring substituents is 1. The summed E-state index contributed by atoms with van der Waals surface area (Å²) in [6.45, 7) is 0.299. The van der Waals surface area contributed by atoms with Gasteiger partial charge in [-0.1, -0.05) is 0 Å². The van der Waals surface area contributed by atoms with E-state index in [0.29, 0.717) is 24.2 Å². The second kappa shape index (κ2) is 3.10. The maximum absolute atomic E-state index is 11.2. The molecule has 0 spiro atoms. The van der Waals surface area contributed by atoms with E-state index in [0.717, 1.165) is 0 Å². The maximum atomic E-state index is 11.2. The Morgan fingerprint density at radius 1 is 1.43 bits per heavy atom. The van der Waals surface area contributed by atoms with E-state index in [4.69, 9.17) is 4.74 Å². The number of hydrogen-bond acceptors (Lipinski definition) is 4. The van der Waals surface area contributed by atoms with Crippen LogP contribution in [0.2, 0.25) is 0 Å². The van der Waals surface area contributed by atoms with E-state index in [-0.39, 0.29) is 5.69 Å². The van der Waals surface area contributed by atoms with Crippen LogP contribution in [0, 0.1) is 10.1 Å². The first-order valence-corrected chi connectivity index (χ1v) is 4.13. The SMILES string of the molecule is O=C1OCCc2cc([N+](=O)[O-])ccc21. The summed E-state index contributed by atoms with van der Waals surface area (Å²) >= 11 is 0. The third-order valence-electron chi connectivity index (χ3n) is 2.12. The van der Waals surface area contributed by atoms with Crippen molar-refractivity contribution >= 4 is 11.7 Å². The fraction of sp³-hybridized carbons (Fsp3) is 0.222. The average Bonchev–Trinajstić information content (AvgIpc) is 2.17. The highest BCUT2D eigenvalue weighted by Gasteiger charge is 2.20. The third kappa shape index (κ3) is 1.32. The van der Waals surface area contributed by atoms with E-state index >= 15 is 0 Å². The number of nitro groups is 1. The number of fused-ring (bicyclic) bond motifs is 1. The molecule has 2 rings (SSSR count). The van der Waals surface area contributed by atoms with Gasteiger partial charge in [0.05, 0.1) is 17.1 Å². The zero-order chi connectivity index (χ0) is 10.1. The van der Waals surface area contributed by atoms with Crippen molar-refractivity contribution in [2.75, 3.05) is 6.61 Å². The summed E-state index contributed by atoms with van der Waals surface area (Å²) in [7, 11) is 0. The molecule has 0 aromatic heterocycles. The van der Waals surface area contributed by atoms with E-state index in [9.17, 15) is 14.9 Å². The molecule has 5 nitrogen and oxygen atoms in total. The van der Waals surface area contributed by atoms with Gasteiger partial charge in [0.15, 0.2) is 0 Å². The molecule has 14 heavy (non-hydrogen) atoms. The lowest BCUT2D eigenvalue weighted by Crippen LogP contribution is -2.17. The van der Waals surface area contributed by atoms with Gasteiger partial charge in [-0.05, 0) is 11.6 Å². The molecule has 0 saturated heterocycles. The number of rotatable bonds is 1. The molecule has 0 unspecified atom stereocenters. The van der Waals surface area contributed by atoms with Crippen LogP contribution in [0.1, 0.15) is 15.9 Å². The molecule has 5 heteroatoms. The quantitative estimate of drug-likeness (QED) is 0.383. The van der Waals surface area contributed by atoms with Crippen molar-refractivity contribution in [3.63, 3.8) is 0 Å². The molecular weight excluding hydrogens is 186 g/mol. The molecule has 0 bridgehead atoms. The van der Waals surface area contributed by atoms with Crippen LogP contribution in [0.15, 0.2) is 18.2 Å². The number of non-ortho nitro benzene ring substituents is 1. The molecule has 1 aromatic rings. The van der Waals surface area contributed by atoms with Gasteiger partial charge >= 0.3 is 5.97 Å². The van der Waals surface area contributed by atoms with E-state index < -0.39 is 10.9 Å².